The highest BCUT2D eigenvalue weighted by atomic mass is 32.2. The molecule has 0 amide bonds. The SMILES string of the molecule is Cn1cnc(S(=O)(=O)N=[N+]=[N-])c1. The van der Waals surface area contributed by atoms with Crippen molar-refractivity contribution >= 4 is 10.0 Å². The van der Waals surface area contributed by atoms with E-state index < -0.39 is 10.0 Å². The molecule has 0 saturated carbocycles. The first kappa shape index (κ1) is 8.57. The summed E-state index contributed by atoms with van der Waals surface area (Å²) >= 11 is 0. The van der Waals surface area contributed by atoms with Gasteiger partial charge < -0.3 is 4.57 Å². The molecule has 7 nitrogen and oxygen atoms in total. The molecule has 0 radical (unpaired) electrons. The highest BCUT2D eigenvalue weighted by molar-refractivity contribution is 7.89. The van der Waals surface area contributed by atoms with E-state index >= 15 is 0 Å². The van der Waals surface area contributed by atoms with E-state index in [0.29, 0.717) is 0 Å². The number of nitrogens with zero attached hydrogens (tertiary/aromatic N) is 5. The van der Waals surface area contributed by atoms with Crippen LogP contribution in [0.5, 0.6) is 0 Å². The number of aryl methyl sites for hydroxylation is 1. The number of hydrogen-bond donors (Lipinski definition) is 0. The molecule has 0 spiro atoms. The van der Waals surface area contributed by atoms with E-state index in [2.05, 4.69) is 14.4 Å². The van der Waals surface area contributed by atoms with E-state index in [1.165, 1.54) is 17.1 Å². The summed E-state index contributed by atoms with van der Waals surface area (Å²) in [4.78, 5) is 5.70. The third-order valence-electron chi connectivity index (χ3n) is 1.09. The lowest BCUT2D eigenvalue weighted by molar-refractivity contribution is 0.594. The summed E-state index contributed by atoms with van der Waals surface area (Å²) in [6.45, 7) is 0. The monoisotopic (exact) mass is 187 g/mol. The molecule has 1 aromatic heterocycles. The second-order valence-corrected chi connectivity index (χ2v) is 3.56. The molecule has 0 bridgehead atoms. The molecule has 0 aliphatic rings. The number of rotatable bonds is 2. The van der Waals surface area contributed by atoms with Crippen molar-refractivity contribution < 1.29 is 8.42 Å². The van der Waals surface area contributed by atoms with Gasteiger partial charge in [0.25, 0.3) is 10.0 Å². The molecular formula is C4H5N5O2S. The van der Waals surface area contributed by atoms with Gasteiger partial charge in [-0.15, -0.1) is 0 Å². The van der Waals surface area contributed by atoms with Crippen molar-refractivity contribution in [2.45, 2.75) is 5.03 Å². The van der Waals surface area contributed by atoms with Gasteiger partial charge in [0.05, 0.1) is 6.33 Å². The molecule has 1 rings (SSSR count). The molecule has 12 heavy (non-hydrogen) atoms. The van der Waals surface area contributed by atoms with Gasteiger partial charge in [0.15, 0.2) is 5.03 Å². The predicted octanol–water partition coefficient (Wildman–Crippen LogP) is 0.419. The molecule has 0 saturated heterocycles. The van der Waals surface area contributed by atoms with E-state index in [4.69, 9.17) is 5.53 Å². The third kappa shape index (κ3) is 1.55. The maximum atomic E-state index is 10.9. The topological polar surface area (TPSA) is 101 Å². The summed E-state index contributed by atoms with van der Waals surface area (Å²) in [5, 5.41) is -0.247. The van der Waals surface area contributed by atoms with Gasteiger partial charge in [-0.05, 0) is 5.53 Å². The molecule has 0 N–H and O–H groups in total. The van der Waals surface area contributed by atoms with Crippen LogP contribution in [0.3, 0.4) is 0 Å². The quantitative estimate of drug-likeness (QED) is 0.381. The Morgan fingerprint density at radius 1 is 1.75 bits per heavy atom. The van der Waals surface area contributed by atoms with E-state index in [1.807, 2.05) is 0 Å². The Morgan fingerprint density at radius 2 is 2.42 bits per heavy atom. The van der Waals surface area contributed by atoms with Crippen molar-refractivity contribution in [3.05, 3.63) is 23.0 Å². The fraction of sp³-hybridized carbons (Fsp3) is 0.250. The van der Waals surface area contributed by atoms with Crippen molar-refractivity contribution in [3.63, 3.8) is 0 Å². The summed E-state index contributed by atoms with van der Waals surface area (Å²) in [7, 11) is -2.30. The fourth-order valence-corrected chi connectivity index (χ4v) is 1.27. The highest BCUT2D eigenvalue weighted by Crippen LogP contribution is 2.07. The zero-order chi connectivity index (χ0) is 9.19. The minimum atomic E-state index is -3.91. The zero-order valence-electron chi connectivity index (χ0n) is 6.12. The van der Waals surface area contributed by atoms with Crippen molar-refractivity contribution in [1.29, 1.82) is 0 Å². The number of hydrogen-bond acceptors (Lipinski definition) is 3. The second kappa shape index (κ2) is 2.84. The largest absolute Gasteiger partial charge is 0.339 e. The lowest BCUT2D eigenvalue weighted by Gasteiger charge is -1.86. The van der Waals surface area contributed by atoms with E-state index in [-0.39, 0.29) is 5.03 Å². The summed E-state index contributed by atoms with van der Waals surface area (Å²) in [5.74, 6) is 0. The first-order chi connectivity index (χ1) is 5.56. The Bertz CT molecular complexity index is 426. The van der Waals surface area contributed by atoms with Gasteiger partial charge in [-0.1, -0.05) is 0 Å². The van der Waals surface area contributed by atoms with E-state index in [9.17, 15) is 8.42 Å². The van der Waals surface area contributed by atoms with Crippen molar-refractivity contribution in [2.24, 2.45) is 11.6 Å². The second-order valence-electron chi connectivity index (χ2n) is 2.02. The van der Waals surface area contributed by atoms with Gasteiger partial charge in [-0.2, -0.15) is 0 Å². The minimum absolute atomic E-state index is 0.247. The molecule has 0 aromatic carbocycles. The van der Waals surface area contributed by atoms with Gasteiger partial charge in [-0.3, -0.25) is 0 Å². The summed E-state index contributed by atoms with van der Waals surface area (Å²) in [6, 6.07) is 0. The molecule has 0 unspecified atom stereocenters. The standard InChI is InChI=1S/C4H5N5O2S/c1-9-2-4(6-3-9)12(10,11)8-7-5/h2-3H,1H3. The van der Waals surface area contributed by atoms with Crippen LogP contribution in [0.4, 0.5) is 0 Å². The zero-order valence-corrected chi connectivity index (χ0v) is 6.93. The predicted molar refractivity (Wildman–Crippen MR) is 39.5 cm³/mol. The van der Waals surface area contributed by atoms with Crippen LogP contribution >= 0.6 is 0 Å². The molecule has 0 aliphatic carbocycles. The van der Waals surface area contributed by atoms with Crippen LogP contribution in [0.25, 0.3) is 10.4 Å². The van der Waals surface area contributed by atoms with E-state index in [1.54, 1.807) is 7.05 Å². The van der Waals surface area contributed by atoms with Crippen LogP contribution in [0.2, 0.25) is 0 Å². The van der Waals surface area contributed by atoms with Crippen LogP contribution < -0.4 is 0 Å². The smallest absolute Gasteiger partial charge is 0.283 e. The highest BCUT2D eigenvalue weighted by Gasteiger charge is 2.14. The Labute approximate surface area is 68.3 Å². The molecule has 0 fully saturated rings. The van der Waals surface area contributed by atoms with Crippen LogP contribution in [0, 0.1) is 0 Å². The number of sulfonamides is 1. The number of azide groups is 1. The molecular weight excluding hydrogens is 182 g/mol. The average Bonchev–Trinajstić information content (AvgIpc) is 2.36. The van der Waals surface area contributed by atoms with E-state index in [0.717, 1.165) is 0 Å². The van der Waals surface area contributed by atoms with Crippen LogP contribution in [0.1, 0.15) is 0 Å². The third-order valence-corrected chi connectivity index (χ3v) is 2.12. The molecule has 0 atom stereocenters. The minimum Gasteiger partial charge on any atom is -0.339 e. The summed E-state index contributed by atoms with van der Waals surface area (Å²) in [6.07, 6.45) is 2.56. The average molecular weight is 187 g/mol. The van der Waals surface area contributed by atoms with Gasteiger partial charge >= 0.3 is 0 Å². The van der Waals surface area contributed by atoms with Crippen molar-refractivity contribution in [3.8, 4) is 0 Å². The maximum absolute atomic E-state index is 10.9. The van der Waals surface area contributed by atoms with Gasteiger partial charge in [0, 0.05) is 22.7 Å². The van der Waals surface area contributed by atoms with Gasteiger partial charge in [-0.25, -0.2) is 13.4 Å². The molecule has 0 aliphatic heterocycles. The lowest BCUT2D eigenvalue weighted by Crippen LogP contribution is -1.94. The van der Waals surface area contributed by atoms with Crippen molar-refractivity contribution in [2.75, 3.05) is 0 Å². The lowest BCUT2D eigenvalue weighted by atomic mass is 10.9. The maximum Gasteiger partial charge on any atom is 0.283 e. The first-order valence-corrected chi connectivity index (χ1v) is 4.29. The fourth-order valence-electron chi connectivity index (χ4n) is 0.612. The Balaban J connectivity index is 3.23. The Kier molecular flexibility index (Phi) is 2.03. The summed E-state index contributed by atoms with van der Waals surface area (Å²) in [5.41, 5.74) is 7.91. The van der Waals surface area contributed by atoms with Crippen LogP contribution in [0.15, 0.2) is 22.1 Å². The molecule has 1 aromatic rings. The normalized spacial score (nSPS) is 10.8. The van der Waals surface area contributed by atoms with Crippen molar-refractivity contribution in [1.82, 2.24) is 9.55 Å². The number of aromatic nitrogens is 2. The van der Waals surface area contributed by atoms with Gasteiger partial charge in [0.2, 0.25) is 0 Å². The molecule has 1 heterocycles. The molecule has 8 heteroatoms. The number of imidazole rings is 1. The first-order valence-electron chi connectivity index (χ1n) is 2.85. The van der Waals surface area contributed by atoms with Crippen LogP contribution in [-0.4, -0.2) is 18.0 Å². The summed E-state index contributed by atoms with van der Waals surface area (Å²) < 4.78 is 26.0. The Morgan fingerprint density at radius 3 is 2.83 bits per heavy atom. The Hall–Kier alpha value is -1.53. The van der Waals surface area contributed by atoms with Crippen LogP contribution in [-0.2, 0) is 17.1 Å². The van der Waals surface area contributed by atoms with Gasteiger partial charge in [0.1, 0.15) is 0 Å². The molecule has 64 valence electrons.